The van der Waals surface area contributed by atoms with Gasteiger partial charge in [-0.3, -0.25) is 15.0 Å². The molecule has 0 saturated heterocycles. The summed E-state index contributed by atoms with van der Waals surface area (Å²) in [6.45, 7) is -1.89. The maximum Gasteiger partial charge on any atom is 0.405 e. The number of imide groups is 1. The molecule has 10 heteroatoms. The number of benzene rings is 1. The third kappa shape index (κ3) is 7.29. The molecular formula is C13H14ClF4N3O2. The molecule has 5 nitrogen and oxygen atoms in total. The molecule has 0 aliphatic heterocycles. The summed E-state index contributed by atoms with van der Waals surface area (Å²) in [5.41, 5.74) is 0.172. The second-order valence-electron chi connectivity index (χ2n) is 4.72. The molecule has 1 rings (SSSR count). The lowest BCUT2D eigenvalue weighted by Gasteiger charge is -2.17. The van der Waals surface area contributed by atoms with Crippen LogP contribution in [0.4, 0.5) is 22.4 Å². The fraction of sp³-hybridized carbons (Fsp3) is 0.385. The van der Waals surface area contributed by atoms with E-state index in [9.17, 15) is 27.2 Å². The molecule has 0 spiro atoms. The largest absolute Gasteiger partial charge is 0.405 e. The van der Waals surface area contributed by atoms with Crippen molar-refractivity contribution in [1.29, 1.82) is 0 Å². The van der Waals surface area contributed by atoms with Gasteiger partial charge >= 0.3 is 12.2 Å². The molecule has 1 aromatic carbocycles. The Morgan fingerprint density at radius 3 is 2.52 bits per heavy atom. The van der Waals surface area contributed by atoms with Crippen LogP contribution >= 0.6 is 11.6 Å². The highest BCUT2D eigenvalue weighted by atomic mass is 35.5. The lowest BCUT2D eigenvalue weighted by Crippen LogP contribution is -2.46. The van der Waals surface area contributed by atoms with Gasteiger partial charge in [-0.1, -0.05) is 17.7 Å². The summed E-state index contributed by atoms with van der Waals surface area (Å²) in [6.07, 6.45) is -4.57. The second kappa shape index (κ2) is 8.11. The second-order valence-corrected chi connectivity index (χ2v) is 5.13. The molecule has 0 aliphatic rings. The van der Waals surface area contributed by atoms with Crippen LogP contribution in [0.1, 0.15) is 5.56 Å². The number of carbonyl (C=O) groups excluding carboxylic acids is 2. The van der Waals surface area contributed by atoms with Crippen molar-refractivity contribution in [2.45, 2.75) is 12.7 Å². The average molecular weight is 356 g/mol. The van der Waals surface area contributed by atoms with Gasteiger partial charge in [0, 0.05) is 17.1 Å². The number of nitrogens with zero attached hydrogens (tertiary/aromatic N) is 1. The van der Waals surface area contributed by atoms with Gasteiger partial charge < -0.3 is 5.32 Å². The highest BCUT2D eigenvalue weighted by molar-refractivity contribution is 6.31. The van der Waals surface area contributed by atoms with Crippen LogP contribution in [0.5, 0.6) is 0 Å². The van der Waals surface area contributed by atoms with Crippen molar-refractivity contribution in [3.63, 3.8) is 0 Å². The van der Waals surface area contributed by atoms with E-state index >= 15 is 0 Å². The molecule has 0 fully saturated rings. The molecule has 128 valence electrons. The van der Waals surface area contributed by atoms with Crippen LogP contribution in [0.25, 0.3) is 0 Å². The summed E-state index contributed by atoms with van der Waals surface area (Å²) >= 11 is 5.84. The normalized spacial score (nSPS) is 11.4. The first-order valence-electron chi connectivity index (χ1n) is 6.34. The summed E-state index contributed by atoms with van der Waals surface area (Å²) in [5, 5.41) is 3.42. The number of rotatable bonds is 5. The minimum atomic E-state index is -4.57. The van der Waals surface area contributed by atoms with E-state index in [1.165, 1.54) is 35.5 Å². The van der Waals surface area contributed by atoms with Crippen molar-refractivity contribution >= 4 is 23.5 Å². The van der Waals surface area contributed by atoms with Crippen LogP contribution in [0, 0.1) is 5.82 Å². The number of hydrogen-bond acceptors (Lipinski definition) is 3. The number of likely N-dealkylation sites (N-methyl/N-ethyl adjacent to an activating group) is 1. The van der Waals surface area contributed by atoms with Crippen LogP contribution in [0.3, 0.4) is 0 Å². The van der Waals surface area contributed by atoms with E-state index < -0.39 is 30.5 Å². The van der Waals surface area contributed by atoms with E-state index in [4.69, 9.17) is 11.6 Å². The zero-order valence-electron chi connectivity index (χ0n) is 12.0. The van der Waals surface area contributed by atoms with E-state index in [-0.39, 0.29) is 23.7 Å². The number of amides is 3. The van der Waals surface area contributed by atoms with Crippen molar-refractivity contribution in [2.24, 2.45) is 0 Å². The average Bonchev–Trinajstić information content (AvgIpc) is 2.40. The van der Waals surface area contributed by atoms with Crippen LogP contribution < -0.4 is 10.6 Å². The summed E-state index contributed by atoms with van der Waals surface area (Å²) in [5.74, 6) is -1.38. The van der Waals surface area contributed by atoms with Gasteiger partial charge in [0.05, 0.1) is 6.54 Å². The van der Waals surface area contributed by atoms with Crippen molar-refractivity contribution in [2.75, 3.05) is 20.1 Å². The lowest BCUT2D eigenvalue weighted by atomic mass is 10.2. The van der Waals surface area contributed by atoms with Gasteiger partial charge in [0.15, 0.2) is 0 Å². The number of hydrogen-bond donors (Lipinski definition) is 2. The quantitative estimate of drug-likeness (QED) is 0.797. The molecule has 0 aliphatic carbocycles. The summed E-state index contributed by atoms with van der Waals surface area (Å²) in [7, 11) is 1.47. The Kier molecular flexibility index (Phi) is 6.77. The van der Waals surface area contributed by atoms with Crippen LogP contribution in [-0.2, 0) is 11.3 Å². The Labute approximate surface area is 134 Å². The Bertz CT molecular complexity index is 561. The van der Waals surface area contributed by atoms with Crippen molar-refractivity contribution in [3.05, 3.63) is 34.6 Å². The molecule has 0 saturated carbocycles. The molecule has 0 atom stereocenters. The Hall–Kier alpha value is -1.87. The third-order valence-electron chi connectivity index (χ3n) is 2.61. The first-order chi connectivity index (χ1) is 10.6. The number of carbonyl (C=O) groups is 2. The monoisotopic (exact) mass is 355 g/mol. The zero-order valence-corrected chi connectivity index (χ0v) is 12.8. The zero-order chi connectivity index (χ0) is 17.6. The topological polar surface area (TPSA) is 61.4 Å². The maximum absolute atomic E-state index is 13.6. The molecular weight excluding hydrogens is 342 g/mol. The Morgan fingerprint density at radius 2 is 1.96 bits per heavy atom. The SMILES string of the molecule is CN(CC(=O)NC(=O)NCC(F)(F)F)Cc1c(F)cccc1Cl. The third-order valence-corrected chi connectivity index (χ3v) is 2.96. The number of alkyl halides is 3. The van der Waals surface area contributed by atoms with Gasteiger partial charge in [-0.25, -0.2) is 9.18 Å². The van der Waals surface area contributed by atoms with Gasteiger partial charge in [-0.15, -0.1) is 0 Å². The van der Waals surface area contributed by atoms with E-state index in [0.29, 0.717) is 0 Å². The highest BCUT2D eigenvalue weighted by Crippen LogP contribution is 2.20. The van der Waals surface area contributed by atoms with Crippen molar-refractivity contribution in [1.82, 2.24) is 15.5 Å². The molecule has 0 heterocycles. The van der Waals surface area contributed by atoms with Crippen LogP contribution in [0.15, 0.2) is 18.2 Å². The fourth-order valence-electron chi connectivity index (χ4n) is 1.65. The van der Waals surface area contributed by atoms with Crippen LogP contribution in [-0.4, -0.2) is 43.2 Å². The number of halogens is 5. The smallest absolute Gasteiger partial charge is 0.329 e. The van der Waals surface area contributed by atoms with Gasteiger partial charge in [0.2, 0.25) is 5.91 Å². The first kappa shape index (κ1) is 19.2. The number of urea groups is 1. The predicted octanol–water partition coefficient (Wildman–Crippen LogP) is 2.30. The summed E-state index contributed by atoms with van der Waals surface area (Å²) in [6, 6.07) is 2.86. The Morgan fingerprint density at radius 1 is 1.30 bits per heavy atom. The van der Waals surface area contributed by atoms with E-state index in [1.54, 1.807) is 5.32 Å². The molecule has 0 radical (unpaired) electrons. The summed E-state index contributed by atoms with van der Waals surface area (Å²) < 4.78 is 49.3. The standard InChI is InChI=1S/C13H14ClF4N3O2/c1-21(5-8-9(14)3-2-4-10(8)15)6-11(22)20-12(23)19-7-13(16,17)18/h2-4H,5-7H2,1H3,(H2,19,20,22,23). The minimum absolute atomic E-state index is 0.0108. The van der Waals surface area contributed by atoms with E-state index in [2.05, 4.69) is 0 Å². The van der Waals surface area contributed by atoms with E-state index in [0.717, 1.165) is 0 Å². The minimum Gasteiger partial charge on any atom is -0.329 e. The molecule has 23 heavy (non-hydrogen) atoms. The number of nitrogens with one attached hydrogen (secondary N) is 2. The highest BCUT2D eigenvalue weighted by Gasteiger charge is 2.28. The Balaban J connectivity index is 2.46. The van der Waals surface area contributed by atoms with Gasteiger partial charge in [0.1, 0.15) is 12.4 Å². The molecule has 2 N–H and O–H groups in total. The fourth-order valence-corrected chi connectivity index (χ4v) is 1.87. The van der Waals surface area contributed by atoms with Gasteiger partial charge in [0.25, 0.3) is 0 Å². The molecule has 1 aromatic rings. The first-order valence-corrected chi connectivity index (χ1v) is 6.72. The van der Waals surface area contributed by atoms with Crippen molar-refractivity contribution < 1.29 is 27.2 Å². The summed E-state index contributed by atoms with van der Waals surface area (Å²) in [4.78, 5) is 24.0. The van der Waals surface area contributed by atoms with Gasteiger partial charge in [-0.05, 0) is 19.2 Å². The lowest BCUT2D eigenvalue weighted by molar-refractivity contribution is -0.125. The maximum atomic E-state index is 13.6. The van der Waals surface area contributed by atoms with E-state index in [1.807, 2.05) is 0 Å². The molecule has 0 unspecified atom stereocenters. The molecule has 0 aromatic heterocycles. The van der Waals surface area contributed by atoms with Gasteiger partial charge in [-0.2, -0.15) is 13.2 Å². The predicted molar refractivity (Wildman–Crippen MR) is 75.3 cm³/mol. The van der Waals surface area contributed by atoms with Crippen molar-refractivity contribution in [3.8, 4) is 0 Å². The van der Waals surface area contributed by atoms with Crippen LogP contribution in [0.2, 0.25) is 5.02 Å². The molecule has 0 bridgehead atoms. The molecule has 3 amide bonds.